The Balaban J connectivity index is 2.60. The number of sulfonamides is 1. The van der Waals surface area contributed by atoms with E-state index in [1.807, 2.05) is 0 Å². The number of anilines is 1. The summed E-state index contributed by atoms with van der Waals surface area (Å²) in [6.07, 6.45) is 0. The molecule has 24 heavy (non-hydrogen) atoms. The lowest BCUT2D eigenvalue weighted by Gasteiger charge is -2.24. The molecule has 0 bridgehead atoms. The van der Waals surface area contributed by atoms with E-state index in [-0.39, 0.29) is 16.3 Å². The van der Waals surface area contributed by atoms with Gasteiger partial charge in [0.15, 0.2) is 0 Å². The van der Waals surface area contributed by atoms with E-state index >= 15 is 0 Å². The minimum Gasteiger partial charge on any atom is -0.279 e. The van der Waals surface area contributed by atoms with Gasteiger partial charge in [0.25, 0.3) is 15.7 Å². The molecule has 2 rings (SSSR count). The van der Waals surface area contributed by atoms with Crippen LogP contribution in [0, 0.1) is 17.0 Å². The number of halogens is 1. The van der Waals surface area contributed by atoms with Crippen LogP contribution in [-0.2, 0) is 14.8 Å². The maximum atomic E-state index is 12.9. The molecule has 0 atom stereocenters. The summed E-state index contributed by atoms with van der Waals surface area (Å²) in [6, 6.07) is 11.2. The molecule has 0 fully saturated rings. The van der Waals surface area contributed by atoms with Crippen molar-refractivity contribution in [2.75, 3.05) is 10.8 Å². The number of hydrogen-bond acceptors (Lipinski definition) is 5. The van der Waals surface area contributed by atoms with E-state index in [1.54, 1.807) is 25.1 Å². The van der Waals surface area contributed by atoms with Crippen molar-refractivity contribution in [1.29, 1.82) is 0 Å². The lowest BCUT2D eigenvalue weighted by molar-refractivity contribution is -0.385. The second-order valence-electron chi connectivity index (χ2n) is 4.91. The van der Waals surface area contributed by atoms with Crippen molar-refractivity contribution in [3.8, 4) is 0 Å². The molecule has 0 heterocycles. The Labute approximate surface area is 143 Å². The standard InChI is InChI=1S/C15H13ClN2O5S/c1-11-5-2-3-8-14(11)17(10-15(16)19)24(22,23)13-7-4-6-12(9-13)18(20)21/h2-9H,10H2,1H3. The number of benzene rings is 2. The zero-order valence-corrected chi connectivity index (χ0v) is 14.1. The first-order chi connectivity index (χ1) is 11.2. The number of non-ortho nitro benzene ring substituents is 1. The third-order valence-corrected chi connectivity index (χ3v) is 5.14. The Bertz CT molecular complexity index is 898. The quantitative estimate of drug-likeness (QED) is 0.443. The average molecular weight is 369 g/mol. The Morgan fingerprint density at radius 1 is 1.21 bits per heavy atom. The highest BCUT2D eigenvalue weighted by Crippen LogP contribution is 2.28. The normalized spacial score (nSPS) is 11.1. The van der Waals surface area contributed by atoms with Crippen molar-refractivity contribution < 1.29 is 18.1 Å². The number of aryl methyl sites for hydroxylation is 1. The Kier molecular flexibility index (Phi) is 5.20. The molecule has 7 nitrogen and oxygen atoms in total. The molecular formula is C15H13ClN2O5S. The van der Waals surface area contributed by atoms with Crippen molar-refractivity contribution in [1.82, 2.24) is 0 Å². The minimum absolute atomic E-state index is 0.276. The van der Waals surface area contributed by atoms with Gasteiger partial charge in [0.1, 0.15) is 6.54 Å². The number of nitro groups is 1. The molecular weight excluding hydrogens is 356 g/mol. The van der Waals surface area contributed by atoms with Crippen LogP contribution in [0.25, 0.3) is 0 Å². The molecule has 2 aromatic carbocycles. The second kappa shape index (κ2) is 6.98. The Hall–Kier alpha value is -2.45. The summed E-state index contributed by atoms with van der Waals surface area (Å²) in [5.74, 6) is 0. The predicted molar refractivity (Wildman–Crippen MR) is 89.7 cm³/mol. The molecule has 0 N–H and O–H groups in total. The van der Waals surface area contributed by atoms with Crippen LogP contribution >= 0.6 is 11.6 Å². The number of nitro benzene ring substituents is 1. The van der Waals surface area contributed by atoms with E-state index in [0.29, 0.717) is 5.56 Å². The molecule has 0 aliphatic carbocycles. The fourth-order valence-corrected chi connectivity index (χ4v) is 3.86. The van der Waals surface area contributed by atoms with Gasteiger partial charge in [0.2, 0.25) is 5.24 Å². The Morgan fingerprint density at radius 2 is 1.88 bits per heavy atom. The molecule has 0 saturated carbocycles. The SMILES string of the molecule is Cc1ccccc1N(CC(=O)Cl)S(=O)(=O)c1cccc([N+](=O)[O-])c1. The summed E-state index contributed by atoms with van der Waals surface area (Å²) in [5, 5.41) is 10.0. The van der Waals surface area contributed by atoms with Crippen molar-refractivity contribution in [2.45, 2.75) is 11.8 Å². The molecule has 0 unspecified atom stereocenters. The molecule has 0 aliphatic rings. The van der Waals surface area contributed by atoms with Gasteiger partial charge in [-0.25, -0.2) is 8.42 Å². The number of rotatable bonds is 6. The molecule has 2 aromatic rings. The molecule has 9 heteroatoms. The van der Waals surface area contributed by atoms with Gasteiger partial charge < -0.3 is 0 Å². The molecule has 0 spiro atoms. The first-order valence-electron chi connectivity index (χ1n) is 6.74. The monoisotopic (exact) mass is 368 g/mol. The van der Waals surface area contributed by atoms with Crippen LogP contribution in [-0.4, -0.2) is 25.1 Å². The highest BCUT2D eigenvalue weighted by Gasteiger charge is 2.28. The van der Waals surface area contributed by atoms with Gasteiger partial charge in [-0.3, -0.25) is 19.2 Å². The van der Waals surface area contributed by atoms with Crippen molar-refractivity contribution >= 4 is 38.2 Å². The maximum Gasteiger partial charge on any atom is 0.270 e. The van der Waals surface area contributed by atoms with E-state index < -0.39 is 26.7 Å². The van der Waals surface area contributed by atoms with Crippen LogP contribution in [0.5, 0.6) is 0 Å². The van der Waals surface area contributed by atoms with Crippen LogP contribution < -0.4 is 4.31 Å². The zero-order valence-electron chi connectivity index (χ0n) is 12.5. The largest absolute Gasteiger partial charge is 0.279 e. The Morgan fingerprint density at radius 3 is 2.46 bits per heavy atom. The van der Waals surface area contributed by atoms with Crippen molar-refractivity contribution in [3.63, 3.8) is 0 Å². The minimum atomic E-state index is -4.20. The van der Waals surface area contributed by atoms with E-state index in [9.17, 15) is 23.3 Å². The number of para-hydroxylation sites is 1. The fraction of sp³-hybridized carbons (Fsp3) is 0.133. The van der Waals surface area contributed by atoms with Crippen molar-refractivity contribution in [3.05, 3.63) is 64.2 Å². The van der Waals surface area contributed by atoms with Gasteiger partial charge >= 0.3 is 0 Å². The summed E-state index contributed by atoms with van der Waals surface area (Å²) in [4.78, 5) is 21.2. The second-order valence-corrected chi connectivity index (χ2v) is 7.19. The van der Waals surface area contributed by atoms with Crippen LogP contribution in [0.2, 0.25) is 0 Å². The molecule has 0 amide bonds. The van der Waals surface area contributed by atoms with Crippen molar-refractivity contribution in [2.24, 2.45) is 0 Å². The third-order valence-electron chi connectivity index (χ3n) is 3.27. The van der Waals surface area contributed by atoms with Crippen LogP contribution in [0.3, 0.4) is 0 Å². The third kappa shape index (κ3) is 3.72. The smallest absolute Gasteiger partial charge is 0.270 e. The van der Waals surface area contributed by atoms with Gasteiger partial charge in [-0.2, -0.15) is 0 Å². The van der Waals surface area contributed by atoms with Crippen LogP contribution in [0.4, 0.5) is 11.4 Å². The van der Waals surface area contributed by atoms with Gasteiger partial charge in [-0.15, -0.1) is 0 Å². The number of hydrogen-bond donors (Lipinski definition) is 0. The molecule has 0 aromatic heterocycles. The lowest BCUT2D eigenvalue weighted by Crippen LogP contribution is -2.35. The van der Waals surface area contributed by atoms with E-state index in [1.165, 1.54) is 24.3 Å². The zero-order chi connectivity index (χ0) is 17.9. The first kappa shape index (κ1) is 17.9. The lowest BCUT2D eigenvalue weighted by atomic mass is 10.2. The number of nitrogens with zero attached hydrogens (tertiary/aromatic N) is 2. The first-order valence-corrected chi connectivity index (χ1v) is 8.56. The number of carbonyl (C=O) groups excluding carboxylic acids is 1. The van der Waals surface area contributed by atoms with E-state index in [4.69, 9.17) is 11.6 Å². The van der Waals surface area contributed by atoms with E-state index in [2.05, 4.69) is 0 Å². The summed E-state index contributed by atoms with van der Waals surface area (Å²) in [6.45, 7) is 1.10. The molecule has 0 aliphatic heterocycles. The fourth-order valence-electron chi connectivity index (χ4n) is 2.14. The summed E-state index contributed by atoms with van der Waals surface area (Å²) in [7, 11) is -4.20. The number of carbonyl (C=O) groups is 1. The summed E-state index contributed by atoms with van der Waals surface area (Å²) >= 11 is 5.40. The van der Waals surface area contributed by atoms with Gasteiger partial charge in [-0.1, -0.05) is 24.3 Å². The molecule has 0 radical (unpaired) electrons. The molecule has 0 saturated heterocycles. The van der Waals surface area contributed by atoms with Gasteiger partial charge in [-0.05, 0) is 36.2 Å². The van der Waals surface area contributed by atoms with Gasteiger partial charge in [0.05, 0.1) is 15.5 Å². The predicted octanol–water partition coefficient (Wildman–Crippen LogP) is 2.86. The highest BCUT2D eigenvalue weighted by molar-refractivity contribution is 7.92. The average Bonchev–Trinajstić information content (AvgIpc) is 2.53. The summed E-state index contributed by atoms with van der Waals surface area (Å²) in [5.41, 5.74) is 0.528. The van der Waals surface area contributed by atoms with E-state index in [0.717, 1.165) is 10.4 Å². The van der Waals surface area contributed by atoms with Crippen LogP contribution in [0.15, 0.2) is 53.4 Å². The highest BCUT2D eigenvalue weighted by atomic mass is 35.5. The summed E-state index contributed by atoms with van der Waals surface area (Å²) < 4.78 is 26.6. The molecule has 126 valence electrons. The topological polar surface area (TPSA) is 97.6 Å². The van der Waals surface area contributed by atoms with Crippen LogP contribution in [0.1, 0.15) is 5.56 Å². The van der Waals surface area contributed by atoms with Gasteiger partial charge in [0, 0.05) is 12.1 Å². The maximum absolute atomic E-state index is 12.9.